The van der Waals surface area contributed by atoms with Crippen LogP contribution < -0.4 is 10.9 Å². The summed E-state index contributed by atoms with van der Waals surface area (Å²) in [5.41, 5.74) is 1.40. The normalized spacial score (nSPS) is 19.8. The number of para-hydroxylation sites is 1. The molecule has 1 saturated heterocycles. The Bertz CT molecular complexity index is 988. The van der Waals surface area contributed by atoms with Crippen LogP contribution >= 0.6 is 11.8 Å². The maximum Gasteiger partial charge on any atom is 0.295 e. The fourth-order valence-electron chi connectivity index (χ4n) is 4.17. The van der Waals surface area contributed by atoms with Crippen LogP contribution in [-0.2, 0) is 16.6 Å². The lowest BCUT2D eigenvalue weighted by molar-refractivity contribution is -0.130. The lowest BCUT2D eigenvalue weighted by Crippen LogP contribution is -2.43. The van der Waals surface area contributed by atoms with Crippen molar-refractivity contribution in [1.82, 2.24) is 14.3 Å². The van der Waals surface area contributed by atoms with Gasteiger partial charge in [0, 0.05) is 20.1 Å². The fraction of sp³-hybridized carbons (Fsp3) is 0.522. The van der Waals surface area contributed by atoms with Crippen molar-refractivity contribution in [2.45, 2.75) is 39.4 Å². The topological polar surface area (TPSA) is 76.3 Å². The first kappa shape index (κ1) is 23.2. The molecule has 1 fully saturated rings. The lowest BCUT2D eigenvalue weighted by atomic mass is 9.92. The van der Waals surface area contributed by atoms with E-state index in [1.807, 2.05) is 35.2 Å². The van der Waals surface area contributed by atoms with Crippen molar-refractivity contribution < 1.29 is 9.59 Å². The average molecular weight is 445 g/mol. The number of aromatic nitrogens is 2. The quantitative estimate of drug-likeness (QED) is 0.743. The second-order valence-electron chi connectivity index (χ2n) is 8.62. The van der Waals surface area contributed by atoms with Gasteiger partial charge in [0.1, 0.15) is 5.69 Å². The van der Waals surface area contributed by atoms with E-state index in [4.69, 9.17) is 0 Å². The first-order chi connectivity index (χ1) is 14.7. The van der Waals surface area contributed by atoms with Crippen molar-refractivity contribution in [3.05, 3.63) is 46.4 Å². The summed E-state index contributed by atoms with van der Waals surface area (Å²) in [6.07, 6.45) is 1.15. The van der Waals surface area contributed by atoms with Gasteiger partial charge in [-0.1, -0.05) is 32.0 Å². The molecule has 2 aromatic rings. The molecule has 2 heterocycles. The highest BCUT2D eigenvalue weighted by Gasteiger charge is 2.27. The molecular weight excluding hydrogens is 412 g/mol. The van der Waals surface area contributed by atoms with Crippen LogP contribution in [0.3, 0.4) is 0 Å². The van der Waals surface area contributed by atoms with Crippen LogP contribution in [0.25, 0.3) is 5.69 Å². The van der Waals surface area contributed by atoms with Crippen molar-refractivity contribution >= 4 is 29.3 Å². The van der Waals surface area contributed by atoms with Crippen LogP contribution in [0.1, 0.15) is 32.9 Å². The van der Waals surface area contributed by atoms with Crippen LogP contribution in [0, 0.1) is 18.8 Å². The van der Waals surface area contributed by atoms with Gasteiger partial charge in [-0.2, -0.15) is 0 Å². The predicted octanol–water partition coefficient (Wildman–Crippen LogP) is 3.05. The summed E-state index contributed by atoms with van der Waals surface area (Å²) in [5, 5.41) is 2.34. The molecule has 1 aromatic heterocycles. The molecule has 0 saturated carbocycles. The summed E-state index contributed by atoms with van der Waals surface area (Å²) < 4.78 is 3.26. The third-order valence-electron chi connectivity index (χ3n) is 5.85. The van der Waals surface area contributed by atoms with Crippen molar-refractivity contribution in [1.29, 1.82) is 0 Å². The molecule has 0 aliphatic carbocycles. The number of piperidine rings is 1. The summed E-state index contributed by atoms with van der Waals surface area (Å²) in [4.78, 5) is 40.2. The zero-order valence-electron chi connectivity index (χ0n) is 18.9. The number of benzene rings is 1. The monoisotopic (exact) mass is 444 g/mol. The van der Waals surface area contributed by atoms with Gasteiger partial charge >= 0.3 is 0 Å². The second kappa shape index (κ2) is 9.77. The van der Waals surface area contributed by atoms with Crippen molar-refractivity contribution in [2.75, 3.05) is 24.2 Å². The fourth-order valence-corrected chi connectivity index (χ4v) is 4.95. The number of rotatable bonds is 6. The molecule has 3 unspecified atom stereocenters. The molecule has 1 aromatic carbocycles. The van der Waals surface area contributed by atoms with E-state index in [9.17, 15) is 14.4 Å². The molecule has 0 spiro atoms. The lowest BCUT2D eigenvalue weighted by Gasteiger charge is -2.35. The molecule has 1 aliphatic heterocycles. The van der Waals surface area contributed by atoms with E-state index in [-0.39, 0.29) is 28.8 Å². The summed E-state index contributed by atoms with van der Waals surface area (Å²) in [5.74, 6) is 1.07. The standard InChI is InChI=1S/C23H32N4O3S/c1-15-11-16(2)13-26(12-15)20(28)14-31-18(4)22(29)24-21-17(3)25(5)27(23(21)30)19-9-7-6-8-10-19/h6-10,15-16,18H,11-14H2,1-5H3,(H,24,29). The van der Waals surface area contributed by atoms with Gasteiger partial charge in [0.05, 0.1) is 22.4 Å². The Morgan fingerprint density at radius 2 is 1.77 bits per heavy atom. The molecule has 0 bridgehead atoms. The van der Waals surface area contributed by atoms with Gasteiger partial charge in [-0.05, 0) is 44.2 Å². The number of likely N-dealkylation sites (tertiary alicyclic amines) is 1. The number of thioether (sulfide) groups is 1. The van der Waals surface area contributed by atoms with E-state index < -0.39 is 5.25 Å². The molecule has 3 rings (SSSR count). The molecule has 31 heavy (non-hydrogen) atoms. The Labute approximate surface area is 187 Å². The Hall–Kier alpha value is -2.48. The molecule has 168 valence electrons. The SMILES string of the molecule is Cc1c(NC(=O)C(C)SCC(=O)N2CC(C)CC(C)C2)c(=O)n(-c2ccccc2)n1C. The zero-order chi connectivity index (χ0) is 22.7. The number of hydrogen-bond donors (Lipinski definition) is 1. The highest BCUT2D eigenvalue weighted by atomic mass is 32.2. The third-order valence-corrected chi connectivity index (χ3v) is 6.98. The first-order valence-corrected chi connectivity index (χ1v) is 11.8. The van der Waals surface area contributed by atoms with E-state index in [2.05, 4.69) is 19.2 Å². The molecule has 0 radical (unpaired) electrons. The molecule has 7 nitrogen and oxygen atoms in total. The Balaban J connectivity index is 1.64. The molecule has 2 amide bonds. The van der Waals surface area contributed by atoms with Crippen molar-refractivity contribution in [2.24, 2.45) is 18.9 Å². The van der Waals surface area contributed by atoms with Gasteiger partial charge in [-0.3, -0.25) is 19.1 Å². The third kappa shape index (κ3) is 5.23. The van der Waals surface area contributed by atoms with Gasteiger partial charge in [-0.15, -0.1) is 11.8 Å². The summed E-state index contributed by atoms with van der Waals surface area (Å²) in [7, 11) is 1.79. The number of carbonyl (C=O) groups excluding carboxylic acids is 2. The van der Waals surface area contributed by atoms with E-state index in [1.165, 1.54) is 16.4 Å². The number of nitrogens with one attached hydrogen (secondary N) is 1. The predicted molar refractivity (Wildman–Crippen MR) is 126 cm³/mol. The Kier molecular flexibility index (Phi) is 7.30. The molecular formula is C23H32N4O3S. The molecule has 1 aliphatic rings. The van der Waals surface area contributed by atoms with Gasteiger partial charge < -0.3 is 10.2 Å². The highest BCUT2D eigenvalue weighted by molar-refractivity contribution is 8.01. The average Bonchev–Trinajstić information content (AvgIpc) is 2.94. The summed E-state index contributed by atoms with van der Waals surface area (Å²) in [6, 6.07) is 9.31. The summed E-state index contributed by atoms with van der Waals surface area (Å²) >= 11 is 1.31. The second-order valence-corrected chi connectivity index (χ2v) is 9.95. The van der Waals surface area contributed by atoms with Crippen molar-refractivity contribution in [3.8, 4) is 5.69 Å². The number of carbonyl (C=O) groups is 2. The largest absolute Gasteiger partial charge is 0.341 e. The maximum absolute atomic E-state index is 13.0. The van der Waals surface area contributed by atoms with E-state index in [1.54, 1.807) is 25.6 Å². The molecule has 3 atom stereocenters. The van der Waals surface area contributed by atoms with Crippen molar-refractivity contribution in [3.63, 3.8) is 0 Å². The van der Waals surface area contributed by atoms with E-state index in [0.29, 0.717) is 17.5 Å². The zero-order valence-corrected chi connectivity index (χ0v) is 19.7. The van der Waals surface area contributed by atoms with Crippen LogP contribution in [0.15, 0.2) is 35.1 Å². The minimum atomic E-state index is -0.451. The Morgan fingerprint density at radius 1 is 1.16 bits per heavy atom. The minimum absolute atomic E-state index is 0.0744. The van der Waals surface area contributed by atoms with E-state index in [0.717, 1.165) is 25.2 Å². The van der Waals surface area contributed by atoms with Crippen LogP contribution in [0.2, 0.25) is 0 Å². The van der Waals surface area contributed by atoms with E-state index >= 15 is 0 Å². The number of hydrogen-bond acceptors (Lipinski definition) is 4. The van der Waals surface area contributed by atoms with Gasteiger partial charge in [0.2, 0.25) is 11.8 Å². The maximum atomic E-state index is 13.0. The smallest absolute Gasteiger partial charge is 0.295 e. The molecule has 1 N–H and O–H groups in total. The molecule has 8 heteroatoms. The van der Waals surface area contributed by atoms with Crippen LogP contribution in [0.4, 0.5) is 5.69 Å². The first-order valence-electron chi connectivity index (χ1n) is 10.7. The minimum Gasteiger partial charge on any atom is -0.341 e. The summed E-state index contributed by atoms with van der Waals surface area (Å²) in [6.45, 7) is 9.48. The van der Waals surface area contributed by atoms with Gasteiger partial charge in [-0.25, -0.2) is 4.68 Å². The number of amides is 2. The number of anilines is 1. The van der Waals surface area contributed by atoms with Crippen LogP contribution in [0.5, 0.6) is 0 Å². The number of nitrogens with zero attached hydrogens (tertiary/aromatic N) is 3. The van der Waals surface area contributed by atoms with Gasteiger partial charge in [0.25, 0.3) is 5.56 Å². The van der Waals surface area contributed by atoms with Crippen LogP contribution in [-0.4, -0.2) is 50.2 Å². The highest BCUT2D eigenvalue weighted by Crippen LogP contribution is 2.23. The van der Waals surface area contributed by atoms with Gasteiger partial charge in [0.15, 0.2) is 0 Å². The Morgan fingerprint density at radius 3 is 2.39 bits per heavy atom.